The zero-order chi connectivity index (χ0) is 8.27. The summed E-state index contributed by atoms with van der Waals surface area (Å²) >= 11 is 0. The molecule has 1 heteroatoms. The molecule has 0 radical (unpaired) electrons. The van der Waals surface area contributed by atoms with E-state index in [0.29, 0.717) is 5.92 Å². The molecule has 0 bridgehead atoms. The first-order valence-corrected chi connectivity index (χ1v) is 3.62. The summed E-state index contributed by atoms with van der Waals surface area (Å²) in [6.45, 7) is 9.46. The van der Waals surface area contributed by atoms with Crippen molar-refractivity contribution in [1.82, 2.24) is 0 Å². The highest BCUT2D eigenvalue weighted by atomic mass is 16.5. The third-order valence-electron chi connectivity index (χ3n) is 1.74. The second kappa shape index (κ2) is 3.24. The van der Waals surface area contributed by atoms with Gasteiger partial charge in [0, 0.05) is 11.5 Å². The van der Waals surface area contributed by atoms with Crippen LogP contribution in [0.5, 0.6) is 0 Å². The second-order valence-electron chi connectivity index (χ2n) is 2.46. The van der Waals surface area contributed by atoms with Crippen molar-refractivity contribution in [3.8, 4) is 0 Å². The lowest BCUT2D eigenvalue weighted by atomic mass is 9.98. The fourth-order valence-corrected chi connectivity index (χ4v) is 1.08. The Morgan fingerprint density at radius 1 is 1.45 bits per heavy atom. The lowest BCUT2D eigenvalue weighted by Crippen LogP contribution is -2.02. The maximum atomic E-state index is 5.21. The molecule has 0 N–H and O–H groups in total. The van der Waals surface area contributed by atoms with Crippen molar-refractivity contribution in [2.45, 2.75) is 6.92 Å². The Hall–Kier alpha value is -1.24. The summed E-state index contributed by atoms with van der Waals surface area (Å²) in [4.78, 5) is 0. The first-order chi connectivity index (χ1) is 5.29. The van der Waals surface area contributed by atoms with E-state index in [2.05, 4.69) is 20.1 Å². The maximum absolute atomic E-state index is 5.21. The monoisotopic (exact) mass is 148 g/mol. The van der Waals surface area contributed by atoms with Crippen molar-refractivity contribution in [3.05, 3.63) is 49.0 Å². The Morgan fingerprint density at radius 3 is 2.64 bits per heavy atom. The van der Waals surface area contributed by atoms with Crippen LogP contribution in [0.15, 0.2) is 49.0 Å². The van der Waals surface area contributed by atoms with Gasteiger partial charge in [-0.3, -0.25) is 0 Å². The van der Waals surface area contributed by atoms with E-state index < -0.39 is 0 Å². The quantitative estimate of drug-likeness (QED) is 0.585. The zero-order valence-electron chi connectivity index (χ0n) is 6.71. The Bertz CT molecular complexity index is 233. The van der Waals surface area contributed by atoms with Gasteiger partial charge in [0.15, 0.2) is 0 Å². The fourth-order valence-electron chi connectivity index (χ4n) is 1.08. The van der Waals surface area contributed by atoms with Crippen LogP contribution >= 0.6 is 0 Å². The number of rotatable bonds is 2. The molecule has 1 nitrogen and oxygen atoms in total. The molecule has 0 aromatic rings. The summed E-state index contributed by atoms with van der Waals surface area (Å²) in [5.74, 6) is 1.20. The Kier molecular flexibility index (Phi) is 2.32. The molecular weight excluding hydrogens is 136 g/mol. The van der Waals surface area contributed by atoms with Crippen LogP contribution in [-0.4, -0.2) is 0 Å². The number of hydrogen-bond acceptors (Lipinski definition) is 1. The molecule has 0 aromatic heterocycles. The van der Waals surface area contributed by atoms with Crippen molar-refractivity contribution >= 4 is 0 Å². The topological polar surface area (TPSA) is 9.23 Å². The molecule has 11 heavy (non-hydrogen) atoms. The number of allylic oxidation sites excluding steroid dienone is 4. The van der Waals surface area contributed by atoms with E-state index in [1.165, 1.54) is 0 Å². The van der Waals surface area contributed by atoms with Crippen LogP contribution in [0.1, 0.15) is 6.92 Å². The van der Waals surface area contributed by atoms with E-state index in [1.807, 2.05) is 12.2 Å². The Balaban J connectivity index is 2.98. The molecule has 1 heterocycles. The SMILES string of the molecule is C=CC1=C(C=C)C(C)C=CO1. The van der Waals surface area contributed by atoms with Crippen LogP contribution in [0.4, 0.5) is 0 Å². The molecule has 0 aliphatic carbocycles. The maximum Gasteiger partial charge on any atom is 0.129 e. The summed E-state index contributed by atoms with van der Waals surface area (Å²) < 4.78 is 5.21. The molecule has 1 aliphatic rings. The molecule has 0 saturated carbocycles. The highest BCUT2D eigenvalue weighted by Crippen LogP contribution is 2.23. The van der Waals surface area contributed by atoms with E-state index in [9.17, 15) is 0 Å². The molecule has 58 valence electrons. The van der Waals surface area contributed by atoms with Gasteiger partial charge in [-0.15, -0.1) is 0 Å². The largest absolute Gasteiger partial charge is 0.465 e. The van der Waals surface area contributed by atoms with Gasteiger partial charge in [-0.05, 0) is 12.2 Å². The van der Waals surface area contributed by atoms with Gasteiger partial charge in [-0.1, -0.05) is 26.2 Å². The number of hydrogen-bond donors (Lipinski definition) is 0. The van der Waals surface area contributed by atoms with Crippen LogP contribution in [-0.2, 0) is 4.74 Å². The Labute approximate surface area is 67.4 Å². The van der Waals surface area contributed by atoms with Crippen molar-refractivity contribution in [3.63, 3.8) is 0 Å². The van der Waals surface area contributed by atoms with Crippen molar-refractivity contribution < 1.29 is 4.74 Å². The average molecular weight is 148 g/mol. The molecule has 1 aliphatic heterocycles. The summed E-state index contributed by atoms with van der Waals surface area (Å²) in [6, 6.07) is 0. The normalized spacial score (nSPS) is 22.8. The lowest BCUT2D eigenvalue weighted by molar-refractivity contribution is 0.346. The van der Waals surface area contributed by atoms with Crippen LogP contribution in [0, 0.1) is 5.92 Å². The van der Waals surface area contributed by atoms with E-state index in [0.717, 1.165) is 11.3 Å². The van der Waals surface area contributed by atoms with Crippen LogP contribution in [0.3, 0.4) is 0 Å². The lowest BCUT2D eigenvalue weighted by Gasteiger charge is -2.16. The smallest absolute Gasteiger partial charge is 0.129 e. The predicted molar refractivity (Wildman–Crippen MR) is 46.8 cm³/mol. The van der Waals surface area contributed by atoms with Crippen molar-refractivity contribution in [2.75, 3.05) is 0 Å². The van der Waals surface area contributed by atoms with Gasteiger partial charge >= 0.3 is 0 Å². The average Bonchev–Trinajstić information content (AvgIpc) is 2.04. The second-order valence-corrected chi connectivity index (χ2v) is 2.46. The first kappa shape index (κ1) is 7.86. The minimum absolute atomic E-state index is 0.384. The summed E-state index contributed by atoms with van der Waals surface area (Å²) in [5.41, 5.74) is 1.10. The van der Waals surface area contributed by atoms with Crippen molar-refractivity contribution in [1.29, 1.82) is 0 Å². The third-order valence-corrected chi connectivity index (χ3v) is 1.74. The summed E-state index contributed by atoms with van der Waals surface area (Å²) in [5, 5.41) is 0. The van der Waals surface area contributed by atoms with Gasteiger partial charge in [-0.2, -0.15) is 0 Å². The molecule has 0 aromatic carbocycles. The minimum Gasteiger partial charge on any atom is -0.465 e. The molecule has 0 saturated heterocycles. The molecular formula is C10H12O. The highest BCUT2D eigenvalue weighted by molar-refractivity contribution is 5.33. The van der Waals surface area contributed by atoms with Gasteiger partial charge in [-0.25, -0.2) is 0 Å². The van der Waals surface area contributed by atoms with E-state index in [4.69, 9.17) is 4.74 Å². The van der Waals surface area contributed by atoms with Gasteiger partial charge in [0.05, 0.1) is 6.26 Å². The van der Waals surface area contributed by atoms with Crippen LogP contribution in [0.2, 0.25) is 0 Å². The summed E-state index contributed by atoms with van der Waals surface area (Å²) in [7, 11) is 0. The standard InChI is InChI=1S/C10H12O/c1-4-9-8(3)6-7-11-10(9)5-2/h4-8H,1-2H2,3H3. The van der Waals surface area contributed by atoms with Gasteiger partial charge in [0.25, 0.3) is 0 Å². The van der Waals surface area contributed by atoms with E-state index >= 15 is 0 Å². The van der Waals surface area contributed by atoms with Crippen LogP contribution in [0.25, 0.3) is 0 Å². The van der Waals surface area contributed by atoms with Crippen molar-refractivity contribution in [2.24, 2.45) is 5.92 Å². The molecule has 0 amide bonds. The van der Waals surface area contributed by atoms with E-state index in [-0.39, 0.29) is 0 Å². The highest BCUT2D eigenvalue weighted by Gasteiger charge is 2.11. The molecule has 0 spiro atoms. The van der Waals surface area contributed by atoms with Gasteiger partial charge in [0.2, 0.25) is 0 Å². The Morgan fingerprint density at radius 2 is 2.18 bits per heavy atom. The molecule has 1 rings (SSSR count). The molecule has 1 atom stereocenters. The van der Waals surface area contributed by atoms with Gasteiger partial charge < -0.3 is 4.74 Å². The van der Waals surface area contributed by atoms with Crippen LogP contribution < -0.4 is 0 Å². The summed E-state index contributed by atoms with van der Waals surface area (Å²) in [6.07, 6.45) is 7.20. The third kappa shape index (κ3) is 1.43. The zero-order valence-corrected chi connectivity index (χ0v) is 6.71. The first-order valence-electron chi connectivity index (χ1n) is 3.62. The molecule has 1 unspecified atom stereocenters. The predicted octanol–water partition coefficient (Wildman–Crippen LogP) is 2.79. The fraction of sp³-hybridized carbons (Fsp3) is 0.200. The minimum atomic E-state index is 0.384. The molecule has 0 fully saturated rings. The van der Waals surface area contributed by atoms with E-state index in [1.54, 1.807) is 12.3 Å². The number of ether oxygens (including phenoxy) is 1. The van der Waals surface area contributed by atoms with Gasteiger partial charge in [0.1, 0.15) is 5.76 Å².